The normalized spacial score (nSPS) is 11.1. The number of carbonyl (C=O) groups is 1. The molecule has 1 amide bonds. The highest BCUT2D eigenvalue weighted by molar-refractivity contribution is 6.32. The predicted molar refractivity (Wildman–Crippen MR) is 158 cm³/mol. The average Bonchev–Trinajstić information content (AvgIpc) is 2.97. The number of aromatic nitrogens is 2. The molecule has 0 bridgehead atoms. The summed E-state index contributed by atoms with van der Waals surface area (Å²) in [6.07, 6.45) is 1.27. The topological polar surface area (TPSA) is 129 Å². The lowest BCUT2D eigenvalue weighted by atomic mass is 10.2. The lowest BCUT2D eigenvalue weighted by Gasteiger charge is -2.11. The zero-order valence-corrected chi connectivity index (χ0v) is 22.4. The molecular formula is C30H22ClN5O5. The molecule has 0 aliphatic heterocycles. The van der Waals surface area contributed by atoms with Gasteiger partial charge < -0.3 is 10.1 Å². The minimum Gasteiger partial charge on any atom is -0.476 e. The Bertz CT molecular complexity index is 1850. The van der Waals surface area contributed by atoms with Crippen LogP contribution in [0.15, 0.2) is 101 Å². The van der Waals surface area contributed by atoms with E-state index >= 15 is 0 Å². The molecule has 41 heavy (non-hydrogen) atoms. The fourth-order valence-corrected chi connectivity index (χ4v) is 4.33. The molecular weight excluding hydrogens is 546 g/mol. The fourth-order valence-electron chi connectivity index (χ4n) is 4.05. The number of hydrogen-bond donors (Lipinski definition) is 1. The third-order valence-corrected chi connectivity index (χ3v) is 6.31. The van der Waals surface area contributed by atoms with E-state index < -0.39 is 28.7 Å². The lowest BCUT2D eigenvalue weighted by Crippen LogP contribution is -2.20. The van der Waals surface area contributed by atoms with E-state index in [1.165, 1.54) is 18.3 Å². The molecule has 0 saturated carbocycles. The molecule has 0 aliphatic carbocycles. The van der Waals surface area contributed by atoms with Crippen LogP contribution in [0.25, 0.3) is 22.3 Å². The standard InChI is InChI=1S/C30H22ClN5O5/c1-19-11-13-22(14-12-19)33-27(37)18-41-28-24(31)15-20(16-26(28)36(39)40)17-32-35-29(21-7-3-2-4-8-21)34-25-10-6-5-9-23(25)30(35)38/h2-17H,18H2,1H3,(H,33,37). The van der Waals surface area contributed by atoms with E-state index in [9.17, 15) is 19.7 Å². The minimum atomic E-state index is -0.671. The van der Waals surface area contributed by atoms with E-state index in [-0.39, 0.29) is 16.3 Å². The van der Waals surface area contributed by atoms with Crippen molar-refractivity contribution >= 4 is 46.0 Å². The molecule has 10 nitrogen and oxygen atoms in total. The molecule has 0 atom stereocenters. The van der Waals surface area contributed by atoms with Crippen LogP contribution in [0.1, 0.15) is 11.1 Å². The molecule has 0 spiro atoms. The van der Waals surface area contributed by atoms with Gasteiger partial charge in [0, 0.05) is 22.9 Å². The maximum Gasteiger partial charge on any atom is 0.313 e. The molecule has 0 fully saturated rings. The Morgan fingerprint density at radius 1 is 1.07 bits per heavy atom. The first kappa shape index (κ1) is 27.2. The van der Waals surface area contributed by atoms with Crippen molar-refractivity contribution in [2.24, 2.45) is 5.10 Å². The van der Waals surface area contributed by atoms with Gasteiger partial charge in [0.1, 0.15) is 0 Å². The van der Waals surface area contributed by atoms with Crippen LogP contribution < -0.4 is 15.6 Å². The summed E-state index contributed by atoms with van der Waals surface area (Å²) < 4.78 is 6.59. The highest BCUT2D eigenvalue weighted by Crippen LogP contribution is 2.36. The molecule has 4 aromatic carbocycles. The number of nitro groups is 1. The molecule has 0 saturated heterocycles. The quantitative estimate of drug-likeness (QED) is 0.143. The average molecular weight is 568 g/mol. The van der Waals surface area contributed by atoms with E-state index in [0.717, 1.165) is 10.2 Å². The second kappa shape index (κ2) is 11.8. The van der Waals surface area contributed by atoms with Gasteiger partial charge in [-0.05, 0) is 37.3 Å². The molecule has 1 aromatic heterocycles. The van der Waals surface area contributed by atoms with Crippen LogP contribution in [0.5, 0.6) is 5.75 Å². The smallest absolute Gasteiger partial charge is 0.313 e. The number of para-hydroxylation sites is 1. The Kier molecular flexibility index (Phi) is 7.84. The van der Waals surface area contributed by atoms with E-state index in [0.29, 0.717) is 28.0 Å². The third-order valence-electron chi connectivity index (χ3n) is 6.03. The second-order valence-corrected chi connectivity index (χ2v) is 9.40. The molecule has 204 valence electrons. The third kappa shape index (κ3) is 6.13. The summed E-state index contributed by atoms with van der Waals surface area (Å²) in [5.41, 5.74) is 2.11. The zero-order chi connectivity index (χ0) is 28.9. The number of hydrogen-bond acceptors (Lipinski definition) is 7. The number of carbonyl (C=O) groups excluding carboxylic acids is 1. The van der Waals surface area contributed by atoms with E-state index in [1.807, 2.05) is 37.3 Å². The molecule has 11 heteroatoms. The number of fused-ring (bicyclic) bond motifs is 1. The Labute approximate surface area is 238 Å². The maximum absolute atomic E-state index is 13.4. The van der Waals surface area contributed by atoms with Crippen molar-refractivity contribution in [1.29, 1.82) is 0 Å². The summed E-state index contributed by atoms with van der Waals surface area (Å²) in [5, 5.41) is 19.1. The summed E-state index contributed by atoms with van der Waals surface area (Å²) in [4.78, 5) is 41.5. The van der Waals surface area contributed by atoms with Crippen molar-refractivity contribution in [3.8, 4) is 17.1 Å². The van der Waals surface area contributed by atoms with Crippen molar-refractivity contribution < 1.29 is 14.5 Å². The molecule has 0 radical (unpaired) electrons. The lowest BCUT2D eigenvalue weighted by molar-refractivity contribution is -0.385. The second-order valence-electron chi connectivity index (χ2n) is 8.99. The molecule has 0 unspecified atom stereocenters. The van der Waals surface area contributed by atoms with Gasteiger partial charge in [-0.3, -0.25) is 19.7 Å². The number of aryl methyl sites for hydroxylation is 1. The fraction of sp³-hybridized carbons (Fsp3) is 0.0667. The SMILES string of the molecule is Cc1ccc(NC(=O)COc2c(Cl)cc(C=Nn3c(-c4ccccc4)nc4ccccc4c3=O)cc2[N+](=O)[O-])cc1. The van der Waals surface area contributed by atoms with Gasteiger partial charge in [-0.1, -0.05) is 71.8 Å². The first-order valence-corrected chi connectivity index (χ1v) is 12.8. The van der Waals surface area contributed by atoms with Crippen LogP contribution in [0.3, 0.4) is 0 Å². The molecule has 1 heterocycles. The number of nitro benzene ring substituents is 1. The zero-order valence-electron chi connectivity index (χ0n) is 21.7. The largest absolute Gasteiger partial charge is 0.476 e. The molecule has 0 aliphatic rings. The van der Waals surface area contributed by atoms with Gasteiger partial charge in [-0.2, -0.15) is 9.78 Å². The van der Waals surface area contributed by atoms with Crippen LogP contribution in [0.2, 0.25) is 5.02 Å². The van der Waals surface area contributed by atoms with Crippen LogP contribution in [0.4, 0.5) is 11.4 Å². The maximum atomic E-state index is 13.4. The first-order chi connectivity index (χ1) is 19.8. The highest BCUT2D eigenvalue weighted by atomic mass is 35.5. The number of nitrogens with one attached hydrogen (secondary N) is 1. The van der Waals surface area contributed by atoms with Gasteiger partial charge in [-0.15, -0.1) is 0 Å². The summed E-state index contributed by atoms with van der Waals surface area (Å²) in [6, 6.07) is 25.7. The Balaban J connectivity index is 1.45. The minimum absolute atomic E-state index is 0.101. The monoisotopic (exact) mass is 567 g/mol. The first-order valence-electron chi connectivity index (χ1n) is 12.4. The number of benzene rings is 4. The summed E-state index contributed by atoms with van der Waals surface area (Å²) in [5.74, 6) is -0.477. The Morgan fingerprint density at radius 3 is 2.51 bits per heavy atom. The van der Waals surface area contributed by atoms with E-state index in [2.05, 4.69) is 15.4 Å². The number of ether oxygens (including phenoxy) is 1. The summed E-state index contributed by atoms with van der Waals surface area (Å²) in [6.45, 7) is 1.42. The highest BCUT2D eigenvalue weighted by Gasteiger charge is 2.22. The van der Waals surface area contributed by atoms with Gasteiger partial charge in [0.25, 0.3) is 11.5 Å². The molecule has 5 aromatic rings. The Hall–Kier alpha value is -5.35. The van der Waals surface area contributed by atoms with Gasteiger partial charge in [-0.25, -0.2) is 4.98 Å². The van der Waals surface area contributed by atoms with Crippen LogP contribution >= 0.6 is 11.6 Å². The van der Waals surface area contributed by atoms with Gasteiger partial charge in [0.15, 0.2) is 12.4 Å². The number of nitrogens with zero attached hydrogens (tertiary/aromatic N) is 4. The summed E-state index contributed by atoms with van der Waals surface area (Å²) in [7, 11) is 0. The molecule has 5 rings (SSSR count). The van der Waals surface area contributed by atoms with Gasteiger partial charge in [0.2, 0.25) is 5.75 Å². The summed E-state index contributed by atoms with van der Waals surface area (Å²) >= 11 is 6.35. The van der Waals surface area contributed by atoms with Crippen LogP contribution in [0, 0.1) is 17.0 Å². The van der Waals surface area contributed by atoms with Gasteiger partial charge in [0.05, 0.1) is 27.1 Å². The molecule has 1 N–H and O–H groups in total. The van der Waals surface area contributed by atoms with Crippen LogP contribution in [-0.4, -0.2) is 33.3 Å². The Morgan fingerprint density at radius 2 is 1.78 bits per heavy atom. The number of halogens is 1. The number of amides is 1. The van der Waals surface area contributed by atoms with Crippen molar-refractivity contribution in [3.63, 3.8) is 0 Å². The van der Waals surface area contributed by atoms with E-state index in [1.54, 1.807) is 48.5 Å². The number of anilines is 1. The van der Waals surface area contributed by atoms with Crippen molar-refractivity contribution in [2.75, 3.05) is 11.9 Å². The van der Waals surface area contributed by atoms with Gasteiger partial charge >= 0.3 is 5.69 Å². The van der Waals surface area contributed by atoms with Crippen molar-refractivity contribution in [1.82, 2.24) is 9.66 Å². The van der Waals surface area contributed by atoms with Crippen molar-refractivity contribution in [2.45, 2.75) is 6.92 Å². The predicted octanol–water partition coefficient (Wildman–Crippen LogP) is 5.83. The van der Waals surface area contributed by atoms with Crippen molar-refractivity contribution in [3.05, 3.63) is 128 Å². The number of rotatable bonds is 8. The van der Waals surface area contributed by atoms with E-state index in [4.69, 9.17) is 16.3 Å². The van der Waals surface area contributed by atoms with Crippen LogP contribution in [-0.2, 0) is 4.79 Å².